The van der Waals surface area contributed by atoms with Crippen molar-refractivity contribution < 1.29 is 31.1 Å². The summed E-state index contributed by atoms with van der Waals surface area (Å²) in [4.78, 5) is 12.9. The summed E-state index contributed by atoms with van der Waals surface area (Å²) < 4.78 is 64.9. The van der Waals surface area contributed by atoms with E-state index in [0.717, 1.165) is 0 Å². The number of sulfonamides is 2. The van der Waals surface area contributed by atoms with Gasteiger partial charge in [-0.2, -0.15) is 4.31 Å². The second kappa shape index (κ2) is 12.8. The number of carbonyl (C=O) groups excluding carboxylic acids is 1. The summed E-state index contributed by atoms with van der Waals surface area (Å²) in [7, 11) is -7.14. The number of nitrogens with zero attached hydrogens (tertiary/aromatic N) is 2. The zero-order valence-corrected chi connectivity index (χ0v) is 23.3. The first kappa shape index (κ1) is 28.8. The Labute approximate surface area is 229 Å². The van der Waals surface area contributed by atoms with Crippen LogP contribution in [0.25, 0.3) is 0 Å². The van der Waals surface area contributed by atoms with Crippen molar-refractivity contribution in [3.63, 3.8) is 0 Å². The maximum absolute atomic E-state index is 12.9. The number of carbonyl (C=O) groups is 1. The Bertz CT molecular complexity index is 1300. The standard InChI is InChI=1S/C25H32ClN3O7S2/c26-22-5-3-20(4-6-22)19-37(31,32)29-12-1-2-21(18-29)25(30)27-11-15-36-23-7-9-24(10-8-23)38(33,34)28-13-16-35-17-14-28/h3-10,21H,1-2,11-19H2,(H,27,30)/t21-/m1/s1. The van der Waals surface area contributed by atoms with E-state index in [1.54, 1.807) is 36.4 Å². The molecule has 38 heavy (non-hydrogen) atoms. The number of rotatable bonds is 10. The van der Waals surface area contributed by atoms with Crippen LogP contribution in [0.1, 0.15) is 18.4 Å². The lowest BCUT2D eigenvalue weighted by Gasteiger charge is -2.31. The molecule has 13 heteroatoms. The van der Waals surface area contributed by atoms with Crippen LogP contribution < -0.4 is 10.1 Å². The van der Waals surface area contributed by atoms with Crippen LogP contribution in [-0.4, -0.2) is 83.9 Å². The van der Waals surface area contributed by atoms with Crippen molar-refractivity contribution in [3.05, 3.63) is 59.1 Å². The van der Waals surface area contributed by atoms with Crippen LogP contribution in [-0.2, 0) is 35.3 Å². The molecule has 2 aromatic rings. The van der Waals surface area contributed by atoms with Crippen LogP contribution in [0, 0.1) is 5.92 Å². The molecule has 0 aromatic heterocycles. The molecule has 0 bridgehead atoms. The molecule has 1 N–H and O–H groups in total. The first-order valence-electron chi connectivity index (χ1n) is 12.5. The minimum absolute atomic E-state index is 0.140. The fourth-order valence-electron chi connectivity index (χ4n) is 4.42. The van der Waals surface area contributed by atoms with Gasteiger partial charge in [-0.05, 0) is 54.8 Å². The number of morpholine rings is 1. The smallest absolute Gasteiger partial charge is 0.243 e. The van der Waals surface area contributed by atoms with Gasteiger partial charge in [0, 0.05) is 31.2 Å². The van der Waals surface area contributed by atoms with Gasteiger partial charge >= 0.3 is 0 Å². The molecule has 208 valence electrons. The van der Waals surface area contributed by atoms with Crippen LogP contribution in [0.4, 0.5) is 0 Å². The van der Waals surface area contributed by atoms with E-state index in [1.165, 1.54) is 20.7 Å². The molecule has 0 unspecified atom stereocenters. The third kappa shape index (κ3) is 7.45. The number of ether oxygens (including phenoxy) is 2. The highest BCUT2D eigenvalue weighted by Gasteiger charge is 2.32. The summed E-state index contributed by atoms with van der Waals surface area (Å²) in [5.41, 5.74) is 0.643. The van der Waals surface area contributed by atoms with Crippen molar-refractivity contribution in [3.8, 4) is 5.75 Å². The van der Waals surface area contributed by atoms with Crippen LogP contribution in [0.15, 0.2) is 53.4 Å². The Morgan fingerprint density at radius 1 is 0.974 bits per heavy atom. The Kier molecular flexibility index (Phi) is 9.66. The lowest BCUT2D eigenvalue weighted by atomic mass is 9.99. The first-order valence-corrected chi connectivity index (χ1v) is 15.9. The Morgan fingerprint density at radius 2 is 1.66 bits per heavy atom. The van der Waals surface area contributed by atoms with E-state index in [0.29, 0.717) is 62.0 Å². The fourth-order valence-corrected chi connectivity index (χ4v) is 7.57. The fraction of sp³-hybridized carbons (Fsp3) is 0.480. The summed E-state index contributed by atoms with van der Waals surface area (Å²) in [6.45, 7) is 2.37. The van der Waals surface area contributed by atoms with Crippen LogP contribution in [0.3, 0.4) is 0 Å². The molecule has 0 saturated carbocycles. The molecule has 2 saturated heterocycles. The van der Waals surface area contributed by atoms with Crippen molar-refractivity contribution >= 4 is 37.6 Å². The van der Waals surface area contributed by atoms with Crippen LogP contribution in [0.2, 0.25) is 5.02 Å². The molecule has 2 heterocycles. The monoisotopic (exact) mass is 585 g/mol. The molecule has 2 aliphatic rings. The summed E-state index contributed by atoms with van der Waals surface area (Å²) >= 11 is 5.88. The Morgan fingerprint density at radius 3 is 2.34 bits per heavy atom. The van der Waals surface area contributed by atoms with Crippen molar-refractivity contribution in [2.75, 3.05) is 52.5 Å². The van der Waals surface area contributed by atoms with Gasteiger partial charge < -0.3 is 14.8 Å². The normalized spacial score (nSPS) is 19.7. The topological polar surface area (TPSA) is 122 Å². The lowest BCUT2D eigenvalue weighted by molar-refractivity contribution is -0.126. The Balaban J connectivity index is 1.22. The van der Waals surface area contributed by atoms with Gasteiger partial charge in [0.15, 0.2) is 0 Å². The van der Waals surface area contributed by atoms with Gasteiger partial charge in [-0.3, -0.25) is 4.79 Å². The predicted molar refractivity (Wildman–Crippen MR) is 143 cm³/mol. The molecule has 2 aliphatic heterocycles. The molecule has 0 spiro atoms. The maximum atomic E-state index is 12.9. The summed E-state index contributed by atoms with van der Waals surface area (Å²) in [5, 5.41) is 3.36. The number of halogens is 1. The number of piperidine rings is 1. The molecule has 1 amide bonds. The largest absolute Gasteiger partial charge is 0.492 e. The van der Waals surface area contributed by atoms with Crippen molar-refractivity contribution in [2.45, 2.75) is 23.5 Å². The molecular formula is C25H32ClN3O7S2. The van der Waals surface area contributed by atoms with E-state index in [-0.39, 0.29) is 36.3 Å². The predicted octanol–water partition coefficient (Wildman–Crippen LogP) is 2.10. The van der Waals surface area contributed by atoms with E-state index >= 15 is 0 Å². The minimum atomic E-state index is -3.57. The third-order valence-electron chi connectivity index (χ3n) is 6.51. The number of hydrogen-bond donors (Lipinski definition) is 1. The van der Waals surface area contributed by atoms with Crippen LogP contribution >= 0.6 is 11.6 Å². The minimum Gasteiger partial charge on any atom is -0.492 e. The average Bonchev–Trinajstić information content (AvgIpc) is 2.93. The van der Waals surface area contributed by atoms with Crippen LogP contribution in [0.5, 0.6) is 5.75 Å². The molecule has 4 rings (SSSR count). The van der Waals surface area contributed by atoms with E-state index in [2.05, 4.69) is 5.32 Å². The first-order chi connectivity index (χ1) is 18.1. The maximum Gasteiger partial charge on any atom is 0.243 e. The van der Waals surface area contributed by atoms with E-state index in [9.17, 15) is 21.6 Å². The van der Waals surface area contributed by atoms with Gasteiger partial charge in [-0.15, -0.1) is 0 Å². The highest BCUT2D eigenvalue weighted by atomic mass is 35.5. The quantitative estimate of drug-likeness (QED) is 0.424. The summed E-state index contributed by atoms with van der Waals surface area (Å²) in [6.07, 6.45) is 1.22. The molecule has 2 fully saturated rings. The molecule has 2 aromatic carbocycles. The number of benzene rings is 2. The van der Waals surface area contributed by atoms with Gasteiger partial charge in [0.1, 0.15) is 12.4 Å². The van der Waals surface area contributed by atoms with E-state index in [4.69, 9.17) is 21.1 Å². The SMILES string of the molecule is O=C(NCCOc1ccc(S(=O)(=O)N2CCOCC2)cc1)[C@@H]1CCCN(S(=O)(=O)Cc2ccc(Cl)cc2)C1. The van der Waals surface area contributed by atoms with Crippen molar-refractivity contribution in [1.82, 2.24) is 13.9 Å². The van der Waals surface area contributed by atoms with Crippen molar-refractivity contribution in [1.29, 1.82) is 0 Å². The number of nitrogens with one attached hydrogen (secondary N) is 1. The molecule has 10 nitrogen and oxygen atoms in total. The summed E-state index contributed by atoms with van der Waals surface area (Å²) in [5.74, 6) is -0.309. The average molecular weight is 586 g/mol. The van der Waals surface area contributed by atoms with Gasteiger partial charge in [0.2, 0.25) is 26.0 Å². The lowest BCUT2D eigenvalue weighted by Crippen LogP contribution is -2.46. The second-order valence-electron chi connectivity index (χ2n) is 9.21. The summed E-state index contributed by atoms with van der Waals surface area (Å²) in [6, 6.07) is 12.8. The van der Waals surface area contributed by atoms with E-state index < -0.39 is 26.0 Å². The van der Waals surface area contributed by atoms with Crippen molar-refractivity contribution in [2.24, 2.45) is 5.92 Å². The second-order valence-corrected chi connectivity index (χ2v) is 13.6. The van der Waals surface area contributed by atoms with Gasteiger partial charge in [-0.1, -0.05) is 23.7 Å². The zero-order chi connectivity index (χ0) is 27.2. The molecule has 1 atom stereocenters. The Hall–Kier alpha value is -2.22. The molecular weight excluding hydrogens is 554 g/mol. The highest BCUT2D eigenvalue weighted by molar-refractivity contribution is 7.89. The zero-order valence-electron chi connectivity index (χ0n) is 20.9. The van der Waals surface area contributed by atoms with Gasteiger partial charge in [-0.25, -0.2) is 21.1 Å². The van der Waals surface area contributed by atoms with E-state index in [1.807, 2.05) is 0 Å². The number of amides is 1. The van der Waals surface area contributed by atoms with Gasteiger partial charge in [0.05, 0.1) is 36.3 Å². The molecule has 0 radical (unpaired) electrons. The van der Waals surface area contributed by atoms with Gasteiger partial charge in [0.25, 0.3) is 0 Å². The third-order valence-corrected chi connectivity index (χ3v) is 10.5. The highest BCUT2D eigenvalue weighted by Crippen LogP contribution is 2.23. The number of hydrogen-bond acceptors (Lipinski definition) is 7. The molecule has 0 aliphatic carbocycles.